The number of rotatable bonds is 7. The number of ether oxygens (including phenoxy) is 1. The van der Waals surface area contributed by atoms with E-state index >= 15 is 0 Å². The van der Waals surface area contributed by atoms with Crippen molar-refractivity contribution in [3.63, 3.8) is 0 Å². The van der Waals surface area contributed by atoms with Crippen molar-refractivity contribution in [3.05, 3.63) is 34.4 Å². The number of non-ortho nitro benzene ring substituents is 1. The minimum Gasteiger partial charge on any atom is -0.492 e. The zero-order valence-electron chi connectivity index (χ0n) is 11.3. The molecule has 0 aromatic heterocycles. The summed E-state index contributed by atoms with van der Waals surface area (Å²) in [4.78, 5) is 10.1. The van der Waals surface area contributed by atoms with Crippen LogP contribution in [0.1, 0.15) is 19.3 Å². The SMILES string of the molecule is O=[N+]([O-])c1ccc(OCCNCC2CCC(O)C2)cc1. The van der Waals surface area contributed by atoms with Gasteiger partial charge in [0.25, 0.3) is 5.69 Å². The quantitative estimate of drug-likeness (QED) is 0.451. The number of aliphatic hydroxyl groups is 1. The molecular weight excluding hydrogens is 260 g/mol. The van der Waals surface area contributed by atoms with Gasteiger partial charge in [-0.2, -0.15) is 0 Å². The van der Waals surface area contributed by atoms with Gasteiger partial charge >= 0.3 is 0 Å². The van der Waals surface area contributed by atoms with Crippen molar-refractivity contribution >= 4 is 5.69 Å². The average Bonchev–Trinajstić information content (AvgIpc) is 2.84. The Labute approximate surface area is 117 Å². The number of hydrogen-bond donors (Lipinski definition) is 2. The first-order chi connectivity index (χ1) is 9.65. The van der Waals surface area contributed by atoms with Gasteiger partial charge in [-0.1, -0.05) is 0 Å². The van der Waals surface area contributed by atoms with Gasteiger partial charge in [0.1, 0.15) is 12.4 Å². The van der Waals surface area contributed by atoms with Crippen LogP contribution in [0.3, 0.4) is 0 Å². The van der Waals surface area contributed by atoms with E-state index in [4.69, 9.17) is 4.74 Å². The predicted molar refractivity (Wildman–Crippen MR) is 74.8 cm³/mol. The number of aliphatic hydroxyl groups excluding tert-OH is 1. The normalized spacial score (nSPS) is 21.9. The van der Waals surface area contributed by atoms with Crippen LogP contribution in [-0.4, -0.2) is 35.8 Å². The van der Waals surface area contributed by atoms with E-state index in [0.717, 1.165) is 32.4 Å². The molecule has 2 unspecified atom stereocenters. The molecule has 1 aromatic carbocycles. The second-order valence-electron chi connectivity index (χ2n) is 5.14. The molecule has 1 aliphatic carbocycles. The van der Waals surface area contributed by atoms with E-state index in [1.54, 1.807) is 12.1 Å². The third-order valence-corrected chi connectivity index (χ3v) is 3.54. The molecule has 1 fully saturated rings. The Kier molecular flexibility index (Phi) is 5.31. The van der Waals surface area contributed by atoms with E-state index in [9.17, 15) is 15.2 Å². The Morgan fingerprint density at radius 1 is 1.35 bits per heavy atom. The molecule has 2 N–H and O–H groups in total. The van der Waals surface area contributed by atoms with Crippen molar-refractivity contribution in [1.82, 2.24) is 5.32 Å². The summed E-state index contributed by atoms with van der Waals surface area (Å²) >= 11 is 0. The third kappa shape index (κ3) is 4.47. The standard InChI is InChI=1S/C14H20N2O4/c17-13-4-1-11(9-13)10-15-7-8-20-14-5-2-12(3-6-14)16(18)19/h2-3,5-6,11,13,15,17H,1,4,7-10H2. The molecule has 0 spiro atoms. The fourth-order valence-corrected chi connectivity index (χ4v) is 2.45. The molecule has 20 heavy (non-hydrogen) atoms. The number of nitro groups is 1. The lowest BCUT2D eigenvalue weighted by Gasteiger charge is -2.11. The van der Waals surface area contributed by atoms with Crippen molar-refractivity contribution in [2.75, 3.05) is 19.7 Å². The molecular formula is C14H20N2O4. The molecule has 1 aromatic rings. The van der Waals surface area contributed by atoms with Crippen molar-refractivity contribution in [3.8, 4) is 5.75 Å². The van der Waals surface area contributed by atoms with Crippen molar-refractivity contribution in [2.45, 2.75) is 25.4 Å². The molecule has 0 radical (unpaired) electrons. The van der Waals surface area contributed by atoms with E-state index in [2.05, 4.69) is 5.32 Å². The second-order valence-corrected chi connectivity index (χ2v) is 5.14. The Morgan fingerprint density at radius 2 is 2.10 bits per heavy atom. The molecule has 6 heteroatoms. The zero-order chi connectivity index (χ0) is 14.4. The van der Waals surface area contributed by atoms with E-state index in [1.807, 2.05) is 0 Å². The smallest absolute Gasteiger partial charge is 0.269 e. The first kappa shape index (κ1) is 14.7. The molecule has 2 atom stereocenters. The second kappa shape index (κ2) is 7.21. The van der Waals surface area contributed by atoms with Gasteiger partial charge in [0.15, 0.2) is 0 Å². The largest absolute Gasteiger partial charge is 0.492 e. The topological polar surface area (TPSA) is 84.6 Å². The minimum atomic E-state index is -0.429. The zero-order valence-corrected chi connectivity index (χ0v) is 11.3. The van der Waals surface area contributed by atoms with E-state index in [-0.39, 0.29) is 11.8 Å². The van der Waals surface area contributed by atoms with Gasteiger partial charge in [-0.05, 0) is 43.9 Å². The fourth-order valence-electron chi connectivity index (χ4n) is 2.45. The highest BCUT2D eigenvalue weighted by Crippen LogP contribution is 2.24. The van der Waals surface area contributed by atoms with Crippen molar-refractivity contribution in [2.24, 2.45) is 5.92 Å². The van der Waals surface area contributed by atoms with Gasteiger partial charge in [0.2, 0.25) is 0 Å². The minimum absolute atomic E-state index is 0.0651. The monoisotopic (exact) mass is 280 g/mol. The highest BCUT2D eigenvalue weighted by Gasteiger charge is 2.21. The molecule has 2 rings (SSSR count). The molecule has 0 heterocycles. The van der Waals surface area contributed by atoms with Crippen LogP contribution in [-0.2, 0) is 0 Å². The molecule has 0 bridgehead atoms. The van der Waals surface area contributed by atoms with Gasteiger partial charge in [0.05, 0.1) is 11.0 Å². The molecule has 1 aliphatic rings. The summed E-state index contributed by atoms with van der Waals surface area (Å²) in [5.41, 5.74) is 0.0651. The van der Waals surface area contributed by atoms with Crippen LogP contribution < -0.4 is 10.1 Å². The number of nitrogens with one attached hydrogen (secondary N) is 1. The first-order valence-electron chi connectivity index (χ1n) is 6.91. The predicted octanol–water partition coefficient (Wildman–Crippen LogP) is 1.72. The van der Waals surface area contributed by atoms with Crippen molar-refractivity contribution < 1.29 is 14.8 Å². The Morgan fingerprint density at radius 3 is 2.70 bits per heavy atom. The van der Waals surface area contributed by atoms with Crippen LogP contribution in [0.25, 0.3) is 0 Å². The number of benzene rings is 1. The number of nitrogens with zero attached hydrogens (tertiary/aromatic N) is 1. The lowest BCUT2D eigenvalue weighted by atomic mass is 10.1. The van der Waals surface area contributed by atoms with Crippen LogP contribution in [0.5, 0.6) is 5.75 Å². The molecule has 0 amide bonds. The lowest BCUT2D eigenvalue weighted by molar-refractivity contribution is -0.384. The maximum absolute atomic E-state index is 10.5. The summed E-state index contributed by atoms with van der Waals surface area (Å²) in [6, 6.07) is 6.07. The van der Waals surface area contributed by atoms with Crippen LogP contribution in [0.2, 0.25) is 0 Å². The highest BCUT2D eigenvalue weighted by molar-refractivity contribution is 5.35. The van der Waals surface area contributed by atoms with E-state index in [1.165, 1.54) is 12.1 Å². The molecule has 0 aliphatic heterocycles. The van der Waals surface area contributed by atoms with Gasteiger partial charge in [0, 0.05) is 18.7 Å². The van der Waals surface area contributed by atoms with Crippen LogP contribution in [0, 0.1) is 16.0 Å². The molecule has 0 saturated heterocycles. The third-order valence-electron chi connectivity index (χ3n) is 3.54. The van der Waals surface area contributed by atoms with Gasteiger partial charge in [-0.25, -0.2) is 0 Å². The Balaban J connectivity index is 1.60. The molecule has 1 saturated carbocycles. The van der Waals surface area contributed by atoms with Crippen molar-refractivity contribution in [1.29, 1.82) is 0 Å². The molecule has 6 nitrogen and oxygen atoms in total. The highest BCUT2D eigenvalue weighted by atomic mass is 16.6. The maximum atomic E-state index is 10.5. The summed E-state index contributed by atoms with van der Waals surface area (Å²) in [7, 11) is 0. The lowest BCUT2D eigenvalue weighted by Crippen LogP contribution is -2.26. The van der Waals surface area contributed by atoms with Gasteiger partial charge in [-0.3, -0.25) is 10.1 Å². The average molecular weight is 280 g/mol. The summed E-state index contributed by atoms with van der Waals surface area (Å²) in [5, 5.41) is 23.2. The van der Waals surface area contributed by atoms with Gasteiger partial charge in [-0.15, -0.1) is 0 Å². The van der Waals surface area contributed by atoms with Gasteiger partial charge < -0.3 is 15.2 Å². The molecule has 110 valence electrons. The summed E-state index contributed by atoms with van der Waals surface area (Å²) in [6.45, 7) is 2.15. The number of nitro benzene ring substituents is 1. The van der Waals surface area contributed by atoms with E-state index in [0.29, 0.717) is 18.3 Å². The first-order valence-corrected chi connectivity index (χ1v) is 6.91. The number of hydrogen-bond acceptors (Lipinski definition) is 5. The Hall–Kier alpha value is -1.66. The summed E-state index contributed by atoms with van der Waals surface area (Å²) < 4.78 is 5.49. The maximum Gasteiger partial charge on any atom is 0.269 e. The summed E-state index contributed by atoms with van der Waals surface area (Å²) in [5.74, 6) is 1.19. The van der Waals surface area contributed by atoms with Crippen LogP contribution in [0.15, 0.2) is 24.3 Å². The summed E-state index contributed by atoms with van der Waals surface area (Å²) in [6.07, 6.45) is 2.75. The Bertz CT molecular complexity index is 435. The van der Waals surface area contributed by atoms with E-state index < -0.39 is 4.92 Å². The fraction of sp³-hybridized carbons (Fsp3) is 0.571. The van der Waals surface area contributed by atoms with Crippen LogP contribution >= 0.6 is 0 Å². The van der Waals surface area contributed by atoms with Crippen LogP contribution in [0.4, 0.5) is 5.69 Å².